The molecule has 4 rings (SSSR count). The van der Waals surface area contributed by atoms with Gasteiger partial charge in [0, 0.05) is 11.1 Å². The first-order valence-corrected chi connectivity index (χ1v) is 11.7. The van der Waals surface area contributed by atoms with E-state index in [1.807, 2.05) is 44.2 Å². The predicted octanol–water partition coefficient (Wildman–Crippen LogP) is 5.07. The van der Waals surface area contributed by atoms with Crippen LogP contribution < -0.4 is 10.1 Å². The minimum absolute atomic E-state index is 0.175. The van der Waals surface area contributed by atoms with Crippen LogP contribution in [0.4, 0.5) is 5.00 Å². The smallest absolute Gasteiger partial charge is 0.341 e. The summed E-state index contributed by atoms with van der Waals surface area (Å²) < 4.78 is 12.8. The maximum Gasteiger partial charge on any atom is 0.341 e. The highest BCUT2D eigenvalue weighted by Crippen LogP contribution is 2.39. The Labute approximate surface area is 191 Å². The molecule has 3 aromatic rings. The molecule has 0 fully saturated rings. The van der Waals surface area contributed by atoms with Crippen LogP contribution in [0, 0.1) is 0 Å². The van der Waals surface area contributed by atoms with Crippen molar-refractivity contribution in [2.45, 2.75) is 58.8 Å². The number of carbonyl (C=O) groups is 2. The van der Waals surface area contributed by atoms with Gasteiger partial charge >= 0.3 is 5.97 Å². The molecule has 1 aliphatic carbocycles. The summed E-state index contributed by atoms with van der Waals surface area (Å²) >= 11 is 1.47. The Balaban J connectivity index is 1.49. The van der Waals surface area contributed by atoms with E-state index in [1.165, 1.54) is 11.3 Å². The Kier molecular flexibility index (Phi) is 6.90. The molecule has 1 aromatic carbocycles. The van der Waals surface area contributed by atoms with Gasteiger partial charge in [0.15, 0.2) is 12.4 Å². The maximum atomic E-state index is 12.9. The molecule has 1 amide bonds. The minimum atomic E-state index is -0.365. The van der Waals surface area contributed by atoms with E-state index in [9.17, 15) is 9.59 Å². The van der Waals surface area contributed by atoms with Crippen molar-refractivity contribution in [3.8, 4) is 5.75 Å². The number of amides is 1. The number of nitrogens with zero attached hydrogens (tertiary/aromatic N) is 2. The molecule has 1 aliphatic rings. The highest BCUT2D eigenvalue weighted by molar-refractivity contribution is 7.17. The zero-order valence-corrected chi connectivity index (χ0v) is 19.1. The number of aromatic nitrogens is 2. The van der Waals surface area contributed by atoms with Gasteiger partial charge in [0.05, 0.1) is 11.7 Å². The SMILES string of the molecule is CCC(C)OC(=O)c1c(NC(=O)c2ccn(COc3ccccc3)n2)sc2c1CCCC2. The highest BCUT2D eigenvalue weighted by Gasteiger charge is 2.28. The summed E-state index contributed by atoms with van der Waals surface area (Å²) in [6.07, 6.45) is 6.13. The average molecular weight is 454 g/mol. The lowest BCUT2D eigenvalue weighted by Gasteiger charge is -2.15. The van der Waals surface area contributed by atoms with Gasteiger partial charge in [-0.3, -0.25) is 4.79 Å². The van der Waals surface area contributed by atoms with E-state index in [4.69, 9.17) is 9.47 Å². The van der Waals surface area contributed by atoms with Crippen LogP contribution in [-0.2, 0) is 24.3 Å². The van der Waals surface area contributed by atoms with Crippen LogP contribution >= 0.6 is 11.3 Å². The van der Waals surface area contributed by atoms with Crippen LogP contribution in [-0.4, -0.2) is 27.8 Å². The summed E-state index contributed by atoms with van der Waals surface area (Å²) in [6.45, 7) is 4.04. The number of benzene rings is 1. The van der Waals surface area contributed by atoms with Crippen molar-refractivity contribution in [2.24, 2.45) is 0 Å². The molecule has 0 radical (unpaired) electrons. The predicted molar refractivity (Wildman–Crippen MR) is 123 cm³/mol. The van der Waals surface area contributed by atoms with Gasteiger partial charge < -0.3 is 14.8 Å². The third kappa shape index (κ3) is 5.02. The topological polar surface area (TPSA) is 82.5 Å². The molecule has 2 aromatic heterocycles. The zero-order chi connectivity index (χ0) is 22.5. The van der Waals surface area contributed by atoms with Crippen LogP contribution in [0.2, 0.25) is 0 Å². The molecule has 7 nitrogen and oxygen atoms in total. The Morgan fingerprint density at radius 2 is 1.97 bits per heavy atom. The van der Waals surface area contributed by atoms with E-state index in [1.54, 1.807) is 16.9 Å². The number of esters is 1. The molecule has 1 N–H and O–H groups in total. The summed E-state index contributed by atoms with van der Waals surface area (Å²) in [4.78, 5) is 27.0. The van der Waals surface area contributed by atoms with Gasteiger partial charge in [-0.2, -0.15) is 5.10 Å². The average Bonchev–Trinajstić information content (AvgIpc) is 3.42. The number of aryl methyl sites for hydroxylation is 1. The van der Waals surface area contributed by atoms with Crippen LogP contribution in [0.1, 0.15) is 64.4 Å². The van der Waals surface area contributed by atoms with Crippen molar-refractivity contribution >= 4 is 28.2 Å². The number of nitrogens with one attached hydrogen (secondary N) is 1. The summed E-state index contributed by atoms with van der Waals surface area (Å²) in [7, 11) is 0. The molecule has 1 unspecified atom stereocenters. The summed E-state index contributed by atoms with van der Waals surface area (Å²) in [5.74, 6) is -0.00174. The second-order valence-electron chi connectivity index (χ2n) is 7.82. The molecular weight excluding hydrogens is 426 g/mol. The number of rotatable bonds is 8. The van der Waals surface area contributed by atoms with E-state index in [0.717, 1.165) is 48.3 Å². The van der Waals surface area contributed by atoms with Gasteiger partial charge in [-0.1, -0.05) is 25.1 Å². The number of hydrogen-bond acceptors (Lipinski definition) is 6. The number of para-hydroxylation sites is 1. The van der Waals surface area contributed by atoms with Crippen molar-refractivity contribution in [1.29, 1.82) is 0 Å². The van der Waals surface area contributed by atoms with E-state index in [-0.39, 0.29) is 30.4 Å². The number of anilines is 1. The number of hydrogen-bond donors (Lipinski definition) is 1. The van der Waals surface area contributed by atoms with Crippen molar-refractivity contribution in [1.82, 2.24) is 9.78 Å². The Bertz CT molecular complexity index is 1090. The number of carbonyl (C=O) groups excluding carboxylic acids is 2. The molecule has 2 heterocycles. The molecule has 0 saturated heterocycles. The lowest BCUT2D eigenvalue weighted by molar-refractivity contribution is 0.0335. The lowest BCUT2D eigenvalue weighted by atomic mass is 9.95. The van der Waals surface area contributed by atoms with Crippen LogP contribution in [0.25, 0.3) is 0 Å². The molecule has 1 atom stereocenters. The molecular formula is C24H27N3O4S. The van der Waals surface area contributed by atoms with Crippen LogP contribution in [0.15, 0.2) is 42.6 Å². The largest absolute Gasteiger partial charge is 0.471 e. The summed E-state index contributed by atoms with van der Waals surface area (Å²) in [5.41, 5.74) is 1.78. The summed E-state index contributed by atoms with van der Waals surface area (Å²) in [6, 6.07) is 11.0. The molecule has 0 spiro atoms. The first-order chi connectivity index (χ1) is 15.5. The maximum absolute atomic E-state index is 12.9. The standard InChI is InChI=1S/C24H27N3O4S/c1-3-16(2)31-24(29)21-18-11-7-8-12-20(18)32-23(21)25-22(28)19-13-14-27(26-19)15-30-17-9-5-4-6-10-17/h4-6,9-10,13-14,16H,3,7-8,11-12,15H2,1-2H3,(H,25,28). The molecule has 0 saturated carbocycles. The van der Waals surface area contributed by atoms with E-state index in [2.05, 4.69) is 10.4 Å². The molecule has 32 heavy (non-hydrogen) atoms. The van der Waals surface area contributed by atoms with Gasteiger partial charge in [-0.15, -0.1) is 11.3 Å². The second-order valence-corrected chi connectivity index (χ2v) is 8.93. The van der Waals surface area contributed by atoms with Gasteiger partial charge in [-0.05, 0) is 62.8 Å². The number of thiophene rings is 1. The second kappa shape index (κ2) is 9.99. The lowest BCUT2D eigenvalue weighted by Crippen LogP contribution is -2.19. The molecule has 168 valence electrons. The first-order valence-electron chi connectivity index (χ1n) is 10.9. The normalized spacial score (nSPS) is 13.8. The van der Waals surface area contributed by atoms with Gasteiger partial charge in [0.25, 0.3) is 5.91 Å². The minimum Gasteiger partial charge on any atom is -0.471 e. The van der Waals surface area contributed by atoms with Crippen LogP contribution in [0.3, 0.4) is 0 Å². The van der Waals surface area contributed by atoms with Crippen molar-refractivity contribution in [3.63, 3.8) is 0 Å². The van der Waals surface area contributed by atoms with Gasteiger partial charge in [0.1, 0.15) is 10.8 Å². The fourth-order valence-corrected chi connectivity index (χ4v) is 4.85. The van der Waals surface area contributed by atoms with E-state index >= 15 is 0 Å². The number of ether oxygens (including phenoxy) is 2. The van der Waals surface area contributed by atoms with Crippen molar-refractivity contribution in [3.05, 3.63) is 64.3 Å². The summed E-state index contributed by atoms with van der Waals surface area (Å²) in [5, 5.41) is 7.76. The Hall–Kier alpha value is -3.13. The first kappa shape index (κ1) is 22.1. The fraction of sp³-hybridized carbons (Fsp3) is 0.375. The zero-order valence-electron chi connectivity index (χ0n) is 18.3. The quantitative estimate of drug-likeness (QED) is 0.482. The molecule has 0 bridgehead atoms. The molecule has 0 aliphatic heterocycles. The van der Waals surface area contributed by atoms with E-state index in [0.29, 0.717) is 10.6 Å². The Morgan fingerprint density at radius 1 is 1.19 bits per heavy atom. The number of fused-ring (bicyclic) bond motifs is 1. The van der Waals surface area contributed by atoms with Gasteiger partial charge in [0.2, 0.25) is 0 Å². The molecule has 8 heteroatoms. The Morgan fingerprint density at radius 3 is 2.75 bits per heavy atom. The highest BCUT2D eigenvalue weighted by atomic mass is 32.1. The van der Waals surface area contributed by atoms with Gasteiger partial charge in [-0.25, -0.2) is 9.48 Å². The van der Waals surface area contributed by atoms with Crippen molar-refractivity contribution in [2.75, 3.05) is 5.32 Å². The third-order valence-corrected chi connectivity index (χ3v) is 6.67. The van der Waals surface area contributed by atoms with Crippen LogP contribution in [0.5, 0.6) is 5.75 Å². The van der Waals surface area contributed by atoms with E-state index < -0.39 is 0 Å². The fourth-order valence-electron chi connectivity index (χ4n) is 3.57. The van der Waals surface area contributed by atoms with Crippen molar-refractivity contribution < 1.29 is 19.1 Å². The third-order valence-electron chi connectivity index (χ3n) is 5.47. The monoisotopic (exact) mass is 453 g/mol.